The van der Waals surface area contributed by atoms with Crippen LogP contribution in [0.3, 0.4) is 0 Å². The Kier molecular flexibility index (Phi) is 6.83. The van der Waals surface area contributed by atoms with Crippen LogP contribution in [0.1, 0.15) is 74.3 Å². The minimum atomic E-state index is 0.202. The molecule has 5 aromatic rings. The zero-order valence-corrected chi connectivity index (χ0v) is 23.3. The highest BCUT2D eigenvalue weighted by Gasteiger charge is 2.18. The van der Waals surface area contributed by atoms with Gasteiger partial charge in [0.2, 0.25) is 0 Å². The van der Waals surface area contributed by atoms with Gasteiger partial charge in [0.1, 0.15) is 0 Å². The summed E-state index contributed by atoms with van der Waals surface area (Å²) in [6, 6.07) is 34.9. The van der Waals surface area contributed by atoms with Crippen molar-refractivity contribution in [2.24, 2.45) is 0 Å². The normalized spacial score (nSPS) is 13.0. The molecule has 0 fully saturated rings. The maximum Gasteiger partial charge on any atom is -0.00267 e. The SMILES string of the molecule is CCC(C)(C)c1ccc(-c2c3ccccc3cc3ccc(CCCCCc4ccc5c(c4)CC5)cc23)cc1. The molecule has 5 aromatic carbocycles. The van der Waals surface area contributed by atoms with Gasteiger partial charge in [0, 0.05) is 0 Å². The number of unbranched alkanes of at least 4 members (excludes halogenated alkanes) is 2. The summed E-state index contributed by atoms with van der Waals surface area (Å²) in [4.78, 5) is 0. The standard InChI is InChI=1S/C38H40/c1-4-38(2,3)34-22-20-30(21-23-34)37-35-13-9-8-12-32(35)26-33-17-15-28(25-36(33)37)11-7-5-6-10-27-14-16-29-18-19-31(29)24-27/h8-9,12-17,20-26H,4-7,10-11,18-19H2,1-3H3. The largest absolute Gasteiger partial charge is 0.0646 e. The molecule has 0 atom stereocenters. The third-order valence-corrected chi connectivity index (χ3v) is 9.13. The Labute approximate surface area is 228 Å². The highest BCUT2D eigenvalue weighted by molar-refractivity contribution is 6.12. The van der Waals surface area contributed by atoms with Crippen molar-refractivity contribution in [2.75, 3.05) is 0 Å². The maximum atomic E-state index is 2.47. The minimum Gasteiger partial charge on any atom is -0.0646 e. The van der Waals surface area contributed by atoms with E-state index >= 15 is 0 Å². The average Bonchev–Trinajstić information content (AvgIpc) is 2.93. The molecule has 0 amide bonds. The number of hydrogen-bond donors (Lipinski definition) is 0. The van der Waals surface area contributed by atoms with Crippen LogP contribution in [0.5, 0.6) is 0 Å². The molecule has 0 unspecified atom stereocenters. The molecule has 192 valence electrons. The first-order chi connectivity index (χ1) is 18.5. The van der Waals surface area contributed by atoms with Gasteiger partial charge in [-0.15, -0.1) is 0 Å². The second kappa shape index (κ2) is 10.4. The monoisotopic (exact) mass is 496 g/mol. The van der Waals surface area contributed by atoms with Gasteiger partial charge in [-0.25, -0.2) is 0 Å². The van der Waals surface area contributed by atoms with E-state index in [0.717, 1.165) is 12.8 Å². The van der Waals surface area contributed by atoms with Crippen molar-refractivity contribution < 1.29 is 0 Å². The number of hydrogen-bond acceptors (Lipinski definition) is 0. The third kappa shape index (κ3) is 4.90. The van der Waals surface area contributed by atoms with Crippen LogP contribution >= 0.6 is 0 Å². The molecule has 0 heteroatoms. The Bertz CT molecular complexity index is 1580. The van der Waals surface area contributed by atoms with E-state index in [9.17, 15) is 0 Å². The fraction of sp³-hybridized carbons (Fsp3) is 0.316. The van der Waals surface area contributed by atoms with Gasteiger partial charge >= 0.3 is 0 Å². The summed E-state index contributed by atoms with van der Waals surface area (Å²) in [6.45, 7) is 6.96. The highest BCUT2D eigenvalue weighted by atomic mass is 14.2. The summed E-state index contributed by atoms with van der Waals surface area (Å²) in [5.74, 6) is 0. The molecule has 6 rings (SSSR count). The van der Waals surface area contributed by atoms with E-state index in [-0.39, 0.29) is 5.41 Å². The number of rotatable bonds is 9. The van der Waals surface area contributed by atoms with Crippen LogP contribution in [0, 0.1) is 0 Å². The van der Waals surface area contributed by atoms with E-state index < -0.39 is 0 Å². The van der Waals surface area contributed by atoms with Gasteiger partial charge in [0.15, 0.2) is 0 Å². The van der Waals surface area contributed by atoms with Crippen LogP contribution in [-0.2, 0) is 31.1 Å². The van der Waals surface area contributed by atoms with Crippen LogP contribution in [0.25, 0.3) is 32.7 Å². The Morgan fingerprint density at radius 3 is 2.00 bits per heavy atom. The smallest absolute Gasteiger partial charge is 0.00267 e. The lowest BCUT2D eigenvalue weighted by Gasteiger charge is -2.23. The molecule has 38 heavy (non-hydrogen) atoms. The summed E-state index contributed by atoms with van der Waals surface area (Å²) in [5, 5.41) is 5.38. The van der Waals surface area contributed by atoms with Crippen LogP contribution < -0.4 is 0 Å². The van der Waals surface area contributed by atoms with E-state index in [1.54, 1.807) is 11.1 Å². The predicted molar refractivity (Wildman–Crippen MR) is 165 cm³/mol. The molecule has 0 nitrogen and oxygen atoms in total. The minimum absolute atomic E-state index is 0.202. The third-order valence-electron chi connectivity index (χ3n) is 9.13. The fourth-order valence-corrected chi connectivity index (χ4v) is 6.11. The molecule has 0 N–H and O–H groups in total. The first-order valence-electron chi connectivity index (χ1n) is 14.7. The van der Waals surface area contributed by atoms with Crippen LogP contribution in [0.2, 0.25) is 0 Å². The fourth-order valence-electron chi connectivity index (χ4n) is 6.11. The first-order valence-corrected chi connectivity index (χ1v) is 14.7. The summed E-state index contributed by atoms with van der Waals surface area (Å²) >= 11 is 0. The van der Waals surface area contributed by atoms with E-state index in [2.05, 4.69) is 112 Å². The van der Waals surface area contributed by atoms with Gasteiger partial charge in [0.25, 0.3) is 0 Å². The zero-order chi connectivity index (χ0) is 26.1. The summed E-state index contributed by atoms with van der Waals surface area (Å²) in [7, 11) is 0. The van der Waals surface area contributed by atoms with Gasteiger partial charge in [-0.3, -0.25) is 0 Å². The lowest BCUT2D eigenvalue weighted by atomic mass is 9.81. The molecule has 0 spiro atoms. The van der Waals surface area contributed by atoms with Crippen molar-refractivity contribution in [3.05, 3.63) is 119 Å². The van der Waals surface area contributed by atoms with Crippen molar-refractivity contribution >= 4 is 21.5 Å². The molecule has 0 aromatic heterocycles. The topological polar surface area (TPSA) is 0 Å². The Morgan fingerprint density at radius 1 is 0.605 bits per heavy atom. The molecule has 1 aliphatic carbocycles. The Balaban J connectivity index is 1.24. The molecule has 0 heterocycles. The quantitative estimate of drug-likeness (QED) is 0.141. The van der Waals surface area contributed by atoms with Gasteiger partial charge in [-0.2, -0.15) is 0 Å². The van der Waals surface area contributed by atoms with Gasteiger partial charge in [-0.1, -0.05) is 112 Å². The summed E-state index contributed by atoms with van der Waals surface area (Å²) < 4.78 is 0. The lowest BCUT2D eigenvalue weighted by molar-refractivity contribution is 0.506. The van der Waals surface area contributed by atoms with E-state index in [1.165, 1.54) is 87.9 Å². The van der Waals surface area contributed by atoms with Crippen molar-refractivity contribution in [1.82, 2.24) is 0 Å². The van der Waals surface area contributed by atoms with Crippen molar-refractivity contribution in [3.63, 3.8) is 0 Å². The van der Waals surface area contributed by atoms with E-state index in [0.29, 0.717) is 0 Å². The van der Waals surface area contributed by atoms with Gasteiger partial charge in [-0.05, 0) is 117 Å². The highest BCUT2D eigenvalue weighted by Crippen LogP contribution is 2.38. The van der Waals surface area contributed by atoms with Crippen molar-refractivity contribution in [1.29, 1.82) is 0 Å². The second-order valence-electron chi connectivity index (χ2n) is 12.0. The van der Waals surface area contributed by atoms with Crippen LogP contribution in [0.15, 0.2) is 91.0 Å². The van der Waals surface area contributed by atoms with Crippen LogP contribution in [0.4, 0.5) is 0 Å². The summed E-state index contributed by atoms with van der Waals surface area (Å²) in [6.07, 6.45) is 9.88. The summed E-state index contributed by atoms with van der Waals surface area (Å²) in [5.41, 5.74) is 10.5. The lowest BCUT2D eigenvalue weighted by Crippen LogP contribution is -2.14. The molecule has 0 bridgehead atoms. The second-order valence-corrected chi connectivity index (χ2v) is 12.0. The number of benzene rings is 5. The van der Waals surface area contributed by atoms with Crippen molar-refractivity contribution in [3.8, 4) is 11.1 Å². The first kappa shape index (κ1) is 24.9. The molecule has 0 radical (unpaired) electrons. The molecule has 0 aliphatic heterocycles. The van der Waals surface area contributed by atoms with Gasteiger partial charge < -0.3 is 0 Å². The molecular formula is C38H40. The van der Waals surface area contributed by atoms with Crippen molar-refractivity contribution in [2.45, 2.75) is 77.6 Å². The zero-order valence-electron chi connectivity index (χ0n) is 23.3. The van der Waals surface area contributed by atoms with Crippen LogP contribution in [-0.4, -0.2) is 0 Å². The molecule has 0 saturated carbocycles. The average molecular weight is 497 g/mol. The molecule has 0 saturated heterocycles. The Hall–Kier alpha value is -3.38. The maximum absolute atomic E-state index is 2.47. The molecule has 1 aliphatic rings. The number of fused-ring (bicyclic) bond motifs is 3. The molecular weight excluding hydrogens is 456 g/mol. The van der Waals surface area contributed by atoms with E-state index in [4.69, 9.17) is 0 Å². The predicted octanol–water partition coefficient (Wildman–Crippen LogP) is 10.4. The number of aryl methyl sites for hydroxylation is 4. The van der Waals surface area contributed by atoms with E-state index in [1.807, 2.05) is 0 Å². The van der Waals surface area contributed by atoms with Gasteiger partial charge in [0.05, 0.1) is 0 Å². The Morgan fingerprint density at radius 2 is 1.29 bits per heavy atom.